The van der Waals surface area contributed by atoms with Crippen molar-refractivity contribution in [1.82, 2.24) is 10.2 Å². The van der Waals surface area contributed by atoms with Crippen molar-refractivity contribution in [2.75, 3.05) is 34.3 Å². The summed E-state index contributed by atoms with van der Waals surface area (Å²) in [5.74, 6) is 0.740. The van der Waals surface area contributed by atoms with Gasteiger partial charge in [0.25, 0.3) is 0 Å². The van der Waals surface area contributed by atoms with Gasteiger partial charge in [-0.1, -0.05) is 17.7 Å². The summed E-state index contributed by atoms with van der Waals surface area (Å²) < 4.78 is 42.1. The maximum Gasteiger partial charge on any atom is 0.390 e. The van der Waals surface area contributed by atoms with Crippen molar-refractivity contribution in [3.63, 3.8) is 0 Å². The van der Waals surface area contributed by atoms with E-state index in [0.29, 0.717) is 6.54 Å². The highest BCUT2D eigenvalue weighted by molar-refractivity contribution is 5.39. The third-order valence-electron chi connectivity index (χ3n) is 3.38. The monoisotopic (exact) mass is 304 g/mol. The average Bonchev–Trinajstić information content (AvgIpc) is 2.41. The Bertz CT molecular complexity index is 449. The van der Waals surface area contributed by atoms with Crippen LogP contribution in [0.2, 0.25) is 0 Å². The van der Waals surface area contributed by atoms with Crippen LogP contribution >= 0.6 is 0 Å². The first kappa shape index (κ1) is 17.8. The van der Waals surface area contributed by atoms with Gasteiger partial charge in [-0.2, -0.15) is 13.2 Å². The van der Waals surface area contributed by atoms with Crippen molar-refractivity contribution >= 4 is 0 Å². The number of aryl methyl sites for hydroxylation is 1. The van der Waals surface area contributed by atoms with Crippen molar-refractivity contribution in [1.29, 1.82) is 0 Å². The Labute approximate surface area is 124 Å². The van der Waals surface area contributed by atoms with E-state index in [2.05, 4.69) is 5.32 Å². The maximum atomic E-state index is 12.3. The number of nitrogens with zero attached hydrogens (tertiary/aromatic N) is 1. The second-order valence-corrected chi connectivity index (χ2v) is 5.21. The maximum absolute atomic E-state index is 12.3. The molecule has 0 amide bonds. The molecular weight excluding hydrogens is 281 g/mol. The zero-order chi connectivity index (χ0) is 16.0. The molecule has 21 heavy (non-hydrogen) atoms. The van der Waals surface area contributed by atoms with Crippen LogP contribution < -0.4 is 10.1 Å². The summed E-state index contributed by atoms with van der Waals surface area (Å²) in [7, 11) is 5.08. The lowest BCUT2D eigenvalue weighted by Crippen LogP contribution is -2.33. The predicted octanol–water partition coefficient (Wildman–Crippen LogP) is 3.15. The normalized spacial score (nSPS) is 13.5. The first-order valence-corrected chi connectivity index (χ1v) is 6.84. The molecule has 0 aliphatic heterocycles. The largest absolute Gasteiger partial charge is 0.496 e. The Balaban J connectivity index is 2.77. The van der Waals surface area contributed by atoms with E-state index in [4.69, 9.17) is 4.74 Å². The first-order chi connectivity index (χ1) is 9.76. The highest BCUT2D eigenvalue weighted by Gasteiger charge is 2.27. The topological polar surface area (TPSA) is 24.5 Å². The van der Waals surface area contributed by atoms with Gasteiger partial charge in [-0.3, -0.25) is 0 Å². The number of hydrogen-bond acceptors (Lipinski definition) is 3. The third-order valence-corrected chi connectivity index (χ3v) is 3.38. The zero-order valence-electron chi connectivity index (χ0n) is 12.9. The molecule has 0 saturated carbocycles. The summed E-state index contributed by atoms with van der Waals surface area (Å²) in [6.07, 6.45) is -4.92. The number of benzene rings is 1. The van der Waals surface area contributed by atoms with E-state index < -0.39 is 12.6 Å². The van der Waals surface area contributed by atoms with Crippen LogP contribution in [0.5, 0.6) is 5.75 Å². The molecule has 1 atom stereocenters. The van der Waals surface area contributed by atoms with Crippen LogP contribution in [0, 0.1) is 6.92 Å². The van der Waals surface area contributed by atoms with Crippen LogP contribution in [0.4, 0.5) is 13.2 Å². The molecule has 1 unspecified atom stereocenters. The van der Waals surface area contributed by atoms with Crippen molar-refractivity contribution in [3.8, 4) is 5.75 Å². The molecule has 0 fully saturated rings. The summed E-state index contributed by atoms with van der Waals surface area (Å²) in [5.41, 5.74) is 2.04. The molecule has 1 rings (SSSR count). The minimum absolute atomic E-state index is 0.0180. The summed E-state index contributed by atoms with van der Waals surface area (Å²) in [4.78, 5) is 1.68. The molecule has 0 aliphatic carbocycles. The fraction of sp³-hybridized carbons (Fsp3) is 0.600. The van der Waals surface area contributed by atoms with Crippen LogP contribution in [-0.2, 0) is 0 Å². The van der Waals surface area contributed by atoms with Crippen molar-refractivity contribution in [2.24, 2.45) is 0 Å². The number of nitrogens with one attached hydrogen (secondary N) is 1. The Morgan fingerprint density at radius 1 is 1.33 bits per heavy atom. The van der Waals surface area contributed by atoms with Gasteiger partial charge in [0, 0.05) is 24.7 Å². The molecule has 3 nitrogen and oxygen atoms in total. The lowest BCUT2D eigenvalue weighted by atomic mass is 10.0. The molecule has 0 bridgehead atoms. The second kappa shape index (κ2) is 7.66. The fourth-order valence-corrected chi connectivity index (χ4v) is 2.19. The molecule has 0 spiro atoms. The third kappa shape index (κ3) is 5.93. The molecule has 0 aromatic heterocycles. The van der Waals surface area contributed by atoms with E-state index in [9.17, 15) is 13.2 Å². The molecule has 0 aliphatic rings. The Morgan fingerprint density at radius 3 is 2.52 bits per heavy atom. The van der Waals surface area contributed by atoms with Crippen LogP contribution in [0.3, 0.4) is 0 Å². The Kier molecular flexibility index (Phi) is 6.48. The second-order valence-electron chi connectivity index (χ2n) is 5.21. The highest BCUT2D eigenvalue weighted by atomic mass is 19.4. The van der Waals surface area contributed by atoms with E-state index in [1.54, 1.807) is 26.1 Å². The van der Waals surface area contributed by atoms with Gasteiger partial charge < -0.3 is 15.0 Å². The molecule has 0 radical (unpaired) electrons. The minimum Gasteiger partial charge on any atom is -0.496 e. The number of alkyl halides is 3. The summed E-state index contributed by atoms with van der Waals surface area (Å²) >= 11 is 0. The number of halogens is 3. The molecule has 6 heteroatoms. The van der Waals surface area contributed by atoms with Gasteiger partial charge in [-0.15, -0.1) is 0 Å². The Hall–Kier alpha value is -1.27. The van der Waals surface area contributed by atoms with E-state index in [1.165, 1.54) is 0 Å². The molecule has 1 aromatic rings. The predicted molar refractivity (Wildman–Crippen MR) is 77.7 cm³/mol. The summed E-state index contributed by atoms with van der Waals surface area (Å²) in [5, 5.41) is 3.15. The fourth-order valence-electron chi connectivity index (χ4n) is 2.19. The molecular formula is C15H23F3N2O. The highest BCUT2D eigenvalue weighted by Crippen LogP contribution is 2.27. The SMILES string of the molecule is CNC(CN(C)CCC(F)(F)F)c1cc(C)ccc1OC. The molecule has 1 N–H and O–H groups in total. The van der Waals surface area contributed by atoms with Gasteiger partial charge in [0.1, 0.15) is 5.75 Å². The molecule has 0 heterocycles. The van der Waals surface area contributed by atoms with Crippen molar-refractivity contribution in [3.05, 3.63) is 29.3 Å². The van der Waals surface area contributed by atoms with E-state index >= 15 is 0 Å². The Morgan fingerprint density at radius 2 is 2.00 bits per heavy atom. The van der Waals surface area contributed by atoms with E-state index in [1.807, 2.05) is 25.1 Å². The lowest BCUT2D eigenvalue weighted by molar-refractivity contribution is -0.137. The number of methoxy groups -OCH3 is 1. The molecule has 120 valence electrons. The smallest absolute Gasteiger partial charge is 0.390 e. The van der Waals surface area contributed by atoms with Gasteiger partial charge >= 0.3 is 6.18 Å². The number of ether oxygens (including phenoxy) is 1. The van der Waals surface area contributed by atoms with Crippen molar-refractivity contribution < 1.29 is 17.9 Å². The van der Waals surface area contributed by atoms with Crippen LogP contribution in [0.15, 0.2) is 18.2 Å². The van der Waals surface area contributed by atoms with Gasteiger partial charge in [-0.25, -0.2) is 0 Å². The molecule has 0 saturated heterocycles. The standard InChI is InChI=1S/C15H23F3N2O/c1-11-5-6-14(21-4)12(9-11)13(19-2)10-20(3)8-7-15(16,17)18/h5-6,9,13,19H,7-8,10H2,1-4H3. The van der Waals surface area contributed by atoms with Crippen LogP contribution in [-0.4, -0.2) is 45.4 Å². The van der Waals surface area contributed by atoms with Gasteiger partial charge in [0.2, 0.25) is 0 Å². The van der Waals surface area contributed by atoms with Gasteiger partial charge in [0.05, 0.1) is 13.5 Å². The summed E-state index contributed by atoms with van der Waals surface area (Å²) in [6.45, 7) is 2.44. The van der Waals surface area contributed by atoms with Crippen LogP contribution in [0.25, 0.3) is 0 Å². The zero-order valence-corrected chi connectivity index (χ0v) is 12.9. The van der Waals surface area contributed by atoms with E-state index in [0.717, 1.165) is 16.9 Å². The quantitative estimate of drug-likeness (QED) is 0.837. The van der Waals surface area contributed by atoms with Crippen LogP contribution in [0.1, 0.15) is 23.6 Å². The van der Waals surface area contributed by atoms with Crippen molar-refractivity contribution in [2.45, 2.75) is 25.6 Å². The average molecular weight is 304 g/mol. The van der Waals surface area contributed by atoms with E-state index in [-0.39, 0.29) is 12.6 Å². The van der Waals surface area contributed by atoms with Gasteiger partial charge in [-0.05, 0) is 27.1 Å². The first-order valence-electron chi connectivity index (χ1n) is 6.84. The number of likely N-dealkylation sites (N-methyl/N-ethyl adjacent to an activating group) is 2. The minimum atomic E-state index is -4.12. The lowest BCUT2D eigenvalue weighted by Gasteiger charge is -2.26. The summed E-state index contributed by atoms with van der Waals surface area (Å²) in [6, 6.07) is 5.74. The number of hydrogen-bond donors (Lipinski definition) is 1. The van der Waals surface area contributed by atoms with Gasteiger partial charge in [0.15, 0.2) is 0 Å². The number of rotatable bonds is 7. The molecule has 1 aromatic carbocycles.